The highest BCUT2D eigenvalue weighted by molar-refractivity contribution is 5.67. The Morgan fingerprint density at radius 1 is 1.21 bits per heavy atom. The molecule has 2 aromatic heterocycles. The molecule has 1 amide bonds. The molecule has 1 saturated carbocycles. The number of carbonyl (C=O) groups is 1. The van der Waals surface area contributed by atoms with Crippen LogP contribution in [0.5, 0.6) is 0 Å². The van der Waals surface area contributed by atoms with Crippen LogP contribution in [0.1, 0.15) is 54.8 Å². The molecule has 4 rings (SSSR count). The zero-order valence-electron chi connectivity index (χ0n) is 18.8. The van der Waals surface area contributed by atoms with Crippen molar-refractivity contribution < 1.29 is 32.2 Å². The van der Waals surface area contributed by atoms with Gasteiger partial charge < -0.3 is 19.1 Å². The van der Waals surface area contributed by atoms with E-state index in [1.165, 1.54) is 7.11 Å². The van der Waals surface area contributed by atoms with Crippen molar-refractivity contribution >= 4 is 11.7 Å². The van der Waals surface area contributed by atoms with Crippen molar-refractivity contribution in [3.63, 3.8) is 0 Å². The van der Waals surface area contributed by atoms with Crippen molar-refractivity contribution in [2.24, 2.45) is 5.92 Å². The van der Waals surface area contributed by atoms with E-state index in [1.54, 1.807) is 9.42 Å². The lowest BCUT2D eigenvalue weighted by Gasteiger charge is -2.32. The SMILES string of the molecule is COCCOC(=O)N1CCO[C@@H](c2cc(C)nc3cc(C4CCC(C(F)(F)F)CC4)nn23)C1. The first kappa shape index (κ1) is 23.7. The zero-order valence-corrected chi connectivity index (χ0v) is 18.8. The minimum atomic E-state index is -4.13. The van der Waals surface area contributed by atoms with E-state index >= 15 is 0 Å². The molecule has 0 N–H and O–H groups in total. The first-order valence-electron chi connectivity index (χ1n) is 11.2. The quantitative estimate of drug-likeness (QED) is 0.614. The Balaban J connectivity index is 1.51. The fraction of sp³-hybridized carbons (Fsp3) is 0.682. The first-order chi connectivity index (χ1) is 15.8. The Hall–Kier alpha value is -2.40. The van der Waals surface area contributed by atoms with E-state index in [0.717, 1.165) is 17.1 Å². The fourth-order valence-electron chi connectivity index (χ4n) is 4.59. The second kappa shape index (κ2) is 9.84. The molecule has 1 saturated heterocycles. The van der Waals surface area contributed by atoms with Crippen molar-refractivity contribution in [1.29, 1.82) is 0 Å². The summed E-state index contributed by atoms with van der Waals surface area (Å²) < 4.78 is 56.9. The first-order valence-corrected chi connectivity index (χ1v) is 11.2. The summed E-state index contributed by atoms with van der Waals surface area (Å²) in [5, 5.41) is 4.71. The topological polar surface area (TPSA) is 78.2 Å². The monoisotopic (exact) mass is 470 g/mol. The van der Waals surface area contributed by atoms with Crippen LogP contribution in [-0.2, 0) is 14.2 Å². The molecule has 2 aromatic rings. The molecular weight excluding hydrogens is 441 g/mol. The lowest BCUT2D eigenvalue weighted by molar-refractivity contribution is -0.182. The number of nitrogens with zero attached hydrogens (tertiary/aromatic N) is 4. The van der Waals surface area contributed by atoms with Gasteiger partial charge in [0.25, 0.3) is 0 Å². The van der Waals surface area contributed by atoms with Crippen molar-refractivity contribution in [2.45, 2.75) is 50.8 Å². The fourth-order valence-corrected chi connectivity index (χ4v) is 4.59. The molecule has 11 heteroatoms. The third-order valence-corrected chi connectivity index (χ3v) is 6.38. The van der Waals surface area contributed by atoms with Crippen molar-refractivity contribution in [2.75, 3.05) is 40.0 Å². The predicted octanol–water partition coefficient (Wildman–Crippen LogP) is 4.03. The molecule has 2 fully saturated rings. The van der Waals surface area contributed by atoms with Crippen LogP contribution in [0.2, 0.25) is 0 Å². The molecule has 0 bridgehead atoms. The molecule has 1 atom stereocenters. The summed E-state index contributed by atoms with van der Waals surface area (Å²) in [7, 11) is 1.54. The Morgan fingerprint density at radius 3 is 2.67 bits per heavy atom. The molecule has 0 unspecified atom stereocenters. The van der Waals surface area contributed by atoms with Crippen LogP contribution in [0.4, 0.5) is 18.0 Å². The molecule has 1 aliphatic carbocycles. The lowest BCUT2D eigenvalue weighted by atomic mass is 9.80. The van der Waals surface area contributed by atoms with Gasteiger partial charge in [0.1, 0.15) is 12.7 Å². The largest absolute Gasteiger partial charge is 0.447 e. The number of amides is 1. The molecule has 33 heavy (non-hydrogen) atoms. The average Bonchev–Trinajstić information content (AvgIpc) is 3.22. The second-order valence-electron chi connectivity index (χ2n) is 8.66. The minimum Gasteiger partial charge on any atom is -0.447 e. The number of ether oxygens (including phenoxy) is 3. The number of morpholine rings is 1. The third-order valence-electron chi connectivity index (χ3n) is 6.38. The summed E-state index contributed by atoms with van der Waals surface area (Å²) in [5.74, 6) is -1.26. The van der Waals surface area contributed by atoms with E-state index in [1.807, 2.05) is 19.1 Å². The van der Waals surface area contributed by atoms with Gasteiger partial charge in [0.2, 0.25) is 0 Å². The number of halogens is 3. The number of aromatic nitrogens is 3. The van der Waals surface area contributed by atoms with Crippen molar-refractivity contribution in [3.05, 3.63) is 29.2 Å². The summed E-state index contributed by atoms with van der Waals surface area (Å²) in [4.78, 5) is 18.5. The number of carbonyl (C=O) groups excluding carboxylic acids is 1. The Morgan fingerprint density at radius 2 is 1.97 bits per heavy atom. The predicted molar refractivity (Wildman–Crippen MR) is 112 cm³/mol. The van der Waals surface area contributed by atoms with Gasteiger partial charge in [-0.15, -0.1) is 0 Å². The van der Waals surface area contributed by atoms with Crippen LogP contribution < -0.4 is 0 Å². The normalized spacial score (nSPS) is 24.3. The molecule has 2 aliphatic rings. The zero-order chi connectivity index (χ0) is 23.6. The Bertz CT molecular complexity index is 972. The number of alkyl halides is 3. The van der Waals surface area contributed by atoms with Crippen LogP contribution in [0.3, 0.4) is 0 Å². The third kappa shape index (κ3) is 5.40. The van der Waals surface area contributed by atoms with E-state index in [0.29, 0.717) is 44.8 Å². The summed E-state index contributed by atoms with van der Waals surface area (Å²) in [6.45, 7) is 3.44. The number of methoxy groups -OCH3 is 1. The molecule has 0 spiro atoms. The molecular formula is C22H29F3N4O4. The van der Waals surface area contributed by atoms with Gasteiger partial charge in [-0.05, 0) is 38.7 Å². The minimum absolute atomic E-state index is 0.0296. The van der Waals surface area contributed by atoms with E-state index in [4.69, 9.17) is 19.3 Å². The van der Waals surface area contributed by atoms with Gasteiger partial charge in [-0.3, -0.25) is 0 Å². The summed E-state index contributed by atoms with van der Waals surface area (Å²) in [5.41, 5.74) is 2.90. The van der Waals surface area contributed by atoms with E-state index in [2.05, 4.69) is 4.98 Å². The maximum absolute atomic E-state index is 13.0. The van der Waals surface area contributed by atoms with Crippen LogP contribution >= 0.6 is 0 Å². The number of hydrogen-bond donors (Lipinski definition) is 0. The van der Waals surface area contributed by atoms with Gasteiger partial charge in [-0.1, -0.05) is 0 Å². The molecule has 8 nitrogen and oxygen atoms in total. The number of aryl methyl sites for hydroxylation is 1. The van der Waals surface area contributed by atoms with Gasteiger partial charge in [-0.25, -0.2) is 14.3 Å². The maximum Gasteiger partial charge on any atom is 0.410 e. The van der Waals surface area contributed by atoms with Gasteiger partial charge in [0.05, 0.1) is 37.1 Å². The molecule has 1 aliphatic heterocycles. The van der Waals surface area contributed by atoms with E-state index in [-0.39, 0.29) is 25.4 Å². The lowest BCUT2D eigenvalue weighted by Crippen LogP contribution is -2.43. The Labute approximate surface area is 190 Å². The van der Waals surface area contributed by atoms with Crippen LogP contribution in [0.25, 0.3) is 5.65 Å². The highest BCUT2D eigenvalue weighted by atomic mass is 19.4. The highest BCUT2D eigenvalue weighted by Crippen LogP contribution is 2.42. The summed E-state index contributed by atoms with van der Waals surface area (Å²) >= 11 is 0. The maximum atomic E-state index is 13.0. The van der Waals surface area contributed by atoms with E-state index < -0.39 is 24.3 Å². The molecule has 182 valence electrons. The van der Waals surface area contributed by atoms with Gasteiger partial charge in [0.15, 0.2) is 5.65 Å². The number of hydrogen-bond acceptors (Lipinski definition) is 6. The van der Waals surface area contributed by atoms with Crippen molar-refractivity contribution in [3.8, 4) is 0 Å². The second-order valence-corrected chi connectivity index (χ2v) is 8.66. The molecule has 0 radical (unpaired) electrons. The van der Waals surface area contributed by atoms with Gasteiger partial charge in [0, 0.05) is 31.3 Å². The van der Waals surface area contributed by atoms with Crippen molar-refractivity contribution in [1.82, 2.24) is 19.5 Å². The summed E-state index contributed by atoms with van der Waals surface area (Å²) in [6, 6.07) is 3.73. The number of rotatable bonds is 5. The molecule has 0 aromatic carbocycles. The Kier molecular flexibility index (Phi) is 7.08. The average molecular weight is 470 g/mol. The molecule has 3 heterocycles. The summed E-state index contributed by atoms with van der Waals surface area (Å²) in [6.07, 6.45) is -3.85. The standard InChI is InChI=1S/C22H29F3N4O4/c1-14-11-18(19-13-28(7-8-32-19)21(30)33-10-9-31-2)29-20(26-14)12-17(27-29)15-3-5-16(6-4-15)22(23,24)25/h11-12,15-16,19H,3-10,13H2,1-2H3/t15?,16?,19-/m1/s1. The van der Waals surface area contributed by atoms with Gasteiger partial charge in [-0.2, -0.15) is 18.3 Å². The van der Waals surface area contributed by atoms with Crippen LogP contribution in [-0.4, -0.2) is 71.8 Å². The van der Waals surface area contributed by atoms with Crippen LogP contribution in [0.15, 0.2) is 12.1 Å². The van der Waals surface area contributed by atoms with E-state index in [9.17, 15) is 18.0 Å². The van der Waals surface area contributed by atoms with Crippen LogP contribution in [0, 0.1) is 12.8 Å². The number of fused-ring (bicyclic) bond motifs is 1. The smallest absolute Gasteiger partial charge is 0.410 e. The van der Waals surface area contributed by atoms with Gasteiger partial charge >= 0.3 is 12.3 Å². The highest BCUT2D eigenvalue weighted by Gasteiger charge is 2.42.